The van der Waals surface area contributed by atoms with Crippen LogP contribution >= 0.6 is 0 Å². The Labute approximate surface area is 78.0 Å². The van der Waals surface area contributed by atoms with E-state index in [1.165, 1.54) is 12.8 Å². The molecule has 2 aliphatic carbocycles. The standard InChI is InChI=1S/2C5H5.CH3.Ni/c2*1-2-4-5-3-1;;/h2*1-3H,4H2;1H3;. The summed E-state index contributed by atoms with van der Waals surface area (Å²) in [6, 6.07) is 0. The van der Waals surface area contributed by atoms with Crippen LogP contribution in [0.15, 0.2) is 45.5 Å². The Morgan fingerprint density at radius 1 is 1.00 bits per heavy atom. The summed E-state index contributed by atoms with van der Waals surface area (Å²) in [5, 5.41) is 0. The van der Waals surface area contributed by atoms with E-state index in [0.717, 1.165) is 0 Å². The molecular weight excluding hydrogens is 191 g/mol. The Morgan fingerprint density at radius 2 is 1.50 bits per heavy atom. The first-order valence-electron chi connectivity index (χ1n) is 4.07. The topological polar surface area (TPSA) is 0 Å². The number of hydrogen-bond donors (Lipinski definition) is 0. The van der Waals surface area contributed by atoms with Gasteiger partial charge in [0.2, 0.25) is 0 Å². The maximum atomic E-state index is 2.34. The van der Waals surface area contributed by atoms with E-state index >= 15 is 0 Å². The Kier molecular flexibility index (Phi) is 2.32. The Hall–Kier alpha value is -0.546. The van der Waals surface area contributed by atoms with Crippen LogP contribution in [-0.2, 0) is 13.4 Å². The van der Waals surface area contributed by atoms with Crippen molar-refractivity contribution < 1.29 is 13.4 Å². The minimum atomic E-state index is 0.241. The van der Waals surface area contributed by atoms with E-state index in [1.807, 2.05) is 0 Å². The molecule has 0 aromatic heterocycles. The molecule has 0 unspecified atom stereocenters. The first-order chi connectivity index (χ1) is 5.88. The van der Waals surface area contributed by atoms with E-state index in [9.17, 15) is 0 Å². The van der Waals surface area contributed by atoms with E-state index < -0.39 is 0 Å². The van der Waals surface area contributed by atoms with Gasteiger partial charge in [0.05, 0.1) is 0 Å². The van der Waals surface area contributed by atoms with Crippen LogP contribution in [0, 0.1) is 0 Å². The van der Waals surface area contributed by atoms with Gasteiger partial charge in [0.25, 0.3) is 0 Å². The van der Waals surface area contributed by atoms with Crippen LogP contribution in [0.25, 0.3) is 0 Å². The molecule has 0 aromatic rings. The number of hydrogen-bond acceptors (Lipinski definition) is 0. The molecule has 2 aliphatic rings. The van der Waals surface area contributed by atoms with E-state index in [0.29, 0.717) is 0 Å². The molecule has 0 spiro atoms. The molecule has 0 saturated heterocycles. The van der Waals surface area contributed by atoms with Gasteiger partial charge in [-0.3, -0.25) is 0 Å². The average Bonchev–Trinajstić information content (AvgIpc) is 2.77. The summed E-state index contributed by atoms with van der Waals surface area (Å²) < 4.78 is 3.20. The van der Waals surface area contributed by atoms with Gasteiger partial charge in [0.1, 0.15) is 0 Å². The summed E-state index contributed by atoms with van der Waals surface area (Å²) in [7, 11) is 0. The van der Waals surface area contributed by atoms with Crippen molar-refractivity contribution in [1.82, 2.24) is 0 Å². The maximum absolute atomic E-state index is 2.34. The van der Waals surface area contributed by atoms with Crippen LogP contribution in [0.2, 0.25) is 5.89 Å². The molecule has 0 heterocycles. The van der Waals surface area contributed by atoms with Crippen LogP contribution in [0.5, 0.6) is 0 Å². The van der Waals surface area contributed by atoms with Crippen molar-refractivity contribution >= 4 is 0 Å². The van der Waals surface area contributed by atoms with Crippen LogP contribution in [0.3, 0.4) is 0 Å². The van der Waals surface area contributed by atoms with Gasteiger partial charge in [-0.2, -0.15) is 0 Å². The van der Waals surface area contributed by atoms with Gasteiger partial charge < -0.3 is 0 Å². The van der Waals surface area contributed by atoms with Gasteiger partial charge in [-0.15, -0.1) is 0 Å². The van der Waals surface area contributed by atoms with Crippen LogP contribution < -0.4 is 0 Å². The Balaban J connectivity index is 2.05. The second-order valence-electron chi connectivity index (χ2n) is 2.81. The quantitative estimate of drug-likeness (QED) is 0.605. The summed E-state index contributed by atoms with van der Waals surface area (Å²) >= 11 is 0.241. The van der Waals surface area contributed by atoms with Gasteiger partial charge in [0.15, 0.2) is 0 Å². The van der Waals surface area contributed by atoms with E-state index in [2.05, 4.69) is 42.3 Å². The molecular formula is C11H13Ni. The third-order valence-electron chi connectivity index (χ3n) is 2.02. The van der Waals surface area contributed by atoms with Crippen molar-refractivity contribution in [3.63, 3.8) is 0 Å². The van der Waals surface area contributed by atoms with Gasteiger partial charge in [-0.25, -0.2) is 0 Å². The predicted molar refractivity (Wildman–Crippen MR) is 49.5 cm³/mol. The molecule has 0 bridgehead atoms. The van der Waals surface area contributed by atoms with E-state index in [4.69, 9.17) is 0 Å². The van der Waals surface area contributed by atoms with Gasteiger partial charge >= 0.3 is 77.7 Å². The fourth-order valence-electron chi connectivity index (χ4n) is 1.30. The SMILES string of the molecule is [CH3][Ni]([C]1=CC=CC1)[C]1=CC=CC1. The second kappa shape index (κ2) is 3.45. The monoisotopic (exact) mass is 203 g/mol. The van der Waals surface area contributed by atoms with Gasteiger partial charge in [-0.1, -0.05) is 0 Å². The molecule has 12 heavy (non-hydrogen) atoms. The molecule has 0 nitrogen and oxygen atoms in total. The molecule has 2 rings (SSSR count). The van der Waals surface area contributed by atoms with Gasteiger partial charge in [0, 0.05) is 0 Å². The zero-order valence-corrected chi connectivity index (χ0v) is 8.18. The van der Waals surface area contributed by atoms with Crippen LogP contribution in [-0.4, -0.2) is 0 Å². The first-order valence-corrected chi connectivity index (χ1v) is 6.04. The summed E-state index contributed by atoms with van der Waals surface area (Å²) in [5.74, 6) is 2.34. The molecule has 0 atom stereocenters. The summed E-state index contributed by atoms with van der Waals surface area (Å²) in [5.41, 5.74) is 0. The zero-order chi connectivity index (χ0) is 8.39. The van der Waals surface area contributed by atoms with Crippen LogP contribution in [0.1, 0.15) is 12.8 Å². The predicted octanol–water partition coefficient (Wildman–Crippen LogP) is 3.34. The molecule has 67 valence electrons. The molecule has 0 saturated carbocycles. The van der Waals surface area contributed by atoms with Crippen molar-refractivity contribution in [1.29, 1.82) is 0 Å². The van der Waals surface area contributed by atoms with Crippen molar-refractivity contribution in [3.05, 3.63) is 45.5 Å². The summed E-state index contributed by atoms with van der Waals surface area (Å²) in [6.07, 6.45) is 15.7. The average molecular weight is 204 g/mol. The van der Waals surface area contributed by atoms with Crippen molar-refractivity contribution in [2.75, 3.05) is 0 Å². The van der Waals surface area contributed by atoms with Crippen molar-refractivity contribution in [2.45, 2.75) is 18.7 Å². The van der Waals surface area contributed by atoms with Crippen molar-refractivity contribution in [2.24, 2.45) is 0 Å². The minimum absolute atomic E-state index is 0.241. The normalized spacial score (nSPS) is 21.2. The van der Waals surface area contributed by atoms with Crippen LogP contribution in [0.4, 0.5) is 0 Å². The third-order valence-corrected chi connectivity index (χ3v) is 4.65. The fraction of sp³-hybridized carbons (Fsp3) is 0.273. The Morgan fingerprint density at radius 3 is 1.83 bits per heavy atom. The fourth-order valence-corrected chi connectivity index (χ4v) is 3.23. The number of allylic oxidation sites excluding steroid dienone is 8. The molecule has 0 amide bonds. The summed E-state index contributed by atoms with van der Waals surface area (Å²) in [6.45, 7) is 0. The van der Waals surface area contributed by atoms with Gasteiger partial charge in [-0.05, 0) is 0 Å². The van der Waals surface area contributed by atoms with E-state index in [-0.39, 0.29) is 13.4 Å². The number of rotatable bonds is 2. The summed E-state index contributed by atoms with van der Waals surface area (Å²) in [4.78, 5) is 0. The molecule has 0 fully saturated rings. The molecule has 0 aliphatic heterocycles. The molecule has 1 heteroatoms. The third kappa shape index (κ3) is 1.47. The first kappa shape index (κ1) is 8.07. The van der Waals surface area contributed by atoms with E-state index in [1.54, 1.807) is 9.09 Å². The molecule has 0 aromatic carbocycles. The zero-order valence-electron chi connectivity index (χ0n) is 7.19. The molecule has 0 N–H and O–H groups in total. The van der Waals surface area contributed by atoms with Crippen molar-refractivity contribution in [3.8, 4) is 0 Å². The molecule has 0 radical (unpaired) electrons. The Bertz CT molecular complexity index is 262. The second-order valence-corrected chi connectivity index (χ2v) is 5.31.